The van der Waals surface area contributed by atoms with E-state index in [9.17, 15) is 45.1 Å². The first-order chi connectivity index (χ1) is 17.6. The quantitative estimate of drug-likeness (QED) is 0.521. The van der Waals surface area contributed by atoms with E-state index in [0.717, 1.165) is 36.2 Å². The molecule has 0 unspecified atom stereocenters. The van der Waals surface area contributed by atoms with E-state index in [0.29, 0.717) is 9.80 Å². The molecule has 0 spiro atoms. The highest BCUT2D eigenvalue weighted by molar-refractivity contribution is 5.98. The van der Waals surface area contributed by atoms with E-state index >= 15 is 0 Å². The van der Waals surface area contributed by atoms with Crippen LogP contribution in [0.25, 0.3) is 0 Å². The first-order valence-corrected chi connectivity index (χ1v) is 10.9. The molecule has 1 saturated heterocycles. The summed E-state index contributed by atoms with van der Waals surface area (Å²) in [5.41, 5.74) is -4.57. The Kier molecular flexibility index (Phi) is 8.07. The van der Waals surface area contributed by atoms with Gasteiger partial charge in [0.2, 0.25) is 5.91 Å². The summed E-state index contributed by atoms with van der Waals surface area (Å²) in [6.07, 6.45) is -12.2. The molecular weight excluding hydrogens is 529 g/mol. The van der Waals surface area contributed by atoms with Gasteiger partial charge in [0.15, 0.2) is 5.75 Å². The van der Waals surface area contributed by atoms with Gasteiger partial charge in [0.25, 0.3) is 0 Å². The van der Waals surface area contributed by atoms with Gasteiger partial charge in [0.1, 0.15) is 11.4 Å². The van der Waals surface area contributed by atoms with E-state index in [1.165, 1.54) is 7.05 Å². The first-order valence-electron chi connectivity index (χ1n) is 10.9. The Morgan fingerprint density at radius 1 is 1.03 bits per heavy atom. The van der Waals surface area contributed by atoms with Gasteiger partial charge in [-0.05, 0) is 36.4 Å². The lowest BCUT2D eigenvalue weighted by atomic mass is 10.1. The second-order valence-corrected chi connectivity index (χ2v) is 8.12. The van der Waals surface area contributed by atoms with Gasteiger partial charge in [-0.2, -0.15) is 26.3 Å². The molecule has 0 atom stereocenters. The predicted molar refractivity (Wildman–Crippen MR) is 120 cm³/mol. The predicted octanol–water partition coefficient (Wildman–Crippen LogP) is 4.88. The highest BCUT2D eigenvalue weighted by atomic mass is 19.4. The van der Waals surface area contributed by atoms with Crippen molar-refractivity contribution in [1.29, 1.82) is 0 Å². The largest absolute Gasteiger partial charge is 0.420 e. The van der Waals surface area contributed by atoms with Gasteiger partial charge in [0.05, 0.1) is 11.3 Å². The molecule has 1 fully saturated rings. The maximum absolute atomic E-state index is 14.0. The van der Waals surface area contributed by atoms with Crippen molar-refractivity contribution in [2.75, 3.05) is 43.5 Å². The number of halogens is 7. The number of carbonyl (C=O) groups excluding carboxylic acids is 3. The number of benzene rings is 2. The number of anilines is 2. The molecule has 38 heavy (non-hydrogen) atoms. The molecule has 1 aliphatic rings. The van der Waals surface area contributed by atoms with Gasteiger partial charge in [-0.3, -0.25) is 14.6 Å². The van der Waals surface area contributed by atoms with Gasteiger partial charge < -0.3 is 15.0 Å². The number of hydrogen-bond acceptors (Lipinski definition) is 4. The summed E-state index contributed by atoms with van der Waals surface area (Å²) in [6, 6.07) is 3.29. The molecule has 0 radical (unpaired) electrons. The third-order valence-corrected chi connectivity index (χ3v) is 5.65. The molecule has 2 aromatic carbocycles. The lowest BCUT2D eigenvalue weighted by Gasteiger charge is -2.26. The number of hydrogen-bond donors (Lipinski definition) is 1. The van der Waals surface area contributed by atoms with Gasteiger partial charge >= 0.3 is 24.5 Å². The van der Waals surface area contributed by atoms with Crippen molar-refractivity contribution < 1.29 is 49.9 Å². The monoisotopic (exact) mass is 550 g/mol. The van der Waals surface area contributed by atoms with Crippen LogP contribution in [-0.4, -0.2) is 56.7 Å². The van der Waals surface area contributed by atoms with Crippen LogP contribution < -0.4 is 19.9 Å². The summed E-state index contributed by atoms with van der Waals surface area (Å²) in [5, 5.41) is 2.33. The second kappa shape index (κ2) is 10.8. The van der Waals surface area contributed by atoms with E-state index in [4.69, 9.17) is 4.74 Å². The minimum Gasteiger partial charge on any atom is -0.407 e. The van der Waals surface area contributed by atoms with Crippen LogP contribution in [0.4, 0.5) is 51.7 Å². The van der Waals surface area contributed by atoms with Crippen LogP contribution in [0.2, 0.25) is 0 Å². The van der Waals surface area contributed by atoms with Crippen LogP contribution in [0.15, 0.2) is 36.4 Å². The lowest BCUT2D eigenvalue weighted by Crippen LogP contribution is -2.35. The molecule has 1 heterocycles. The molecule has 0 saturated carbocycles. The fourth-order valence-corrected chi connectivity index (χ4v) is 3.60. The summed E-state index contributed by atoms with van der Waals surface area (Å²) in [5.74, 6) is -2.41. The zero-order chi connectivity index (χ0) is 28.4. The molecule has 15 heteroatoms. The van der Waals surface area contributed by atoms with Crippen molar-refractivity contribution in [2.45, 2.75) is 18.8 Å². The molecule has 2 aromatic rings. The number of amides is 4. The minimum atomic E-state index is -5.41. The van der Waals surface area contributed by atoms with Crippen molar-refractivity contribution >= 4 is 29.4 Å². The fraction of sp³-hybridized carbons (Fsp3) is 0.348. The third-order valence-electron chi connectivity index (χ3n) is 5.65. The molecule has 4 amide bonds. The number of rotatable bonds is 6. The number of carbonyl (C=O) groups is 3. The molecular formula is C23H21F7N4O4. The van der Waals surface area contributed by atoms with Crippen molar-refractivity contribution in [2.24, 2.45) is 0 Å². The molecule has 0 aliphatic carbocycles. The second-order valence-electron chi connectivity index (χ2n) is 8.12. The number of nitrogens with one attached hydrogen (secondary N) is 1. The lowest BCUT2D eigenvalue weighted by molar-refractivity contribution is -0.143. The topological polar surface area (TPSA) is 82.2 Å². The molecule has 0 aromatic heterocycles. The van der Waals surface area contributed by atoms with Crippen molar-refractivity contribution in [3.63, 3.8) is 0 Å². The standard InChI is InChI=1S/C23H21F7N4O4/c1-31-18(35)7-8-33-9-10-34(20(33)36)17-12-13(22(25,26)27)11-16(23(28,29)30)19(17)38-21(37)32(2)15-5-3-14(24)4-6-15/h3-6,11-12H,7-10H2,1-2H3,(H,31,35). The molecule has 1 N–H and O–H groups in total. The molecule has 206 valence electrons. The van der Waals surface area contributed by atoms with Crippen LogP contribution >= 0.6 is 0 Å². The Hall–Kier alpha value is -4.04. The number of ether oxygens (including phenoxy) is 1. The SMILES string of the molecule is CNC(=O)CCN1CCN(c2cc(C(F)(F)F)cc(C(F)(F)F)c2OC(=O)N(C)c2ccc(F)cc2)C1=O. The van der Waals surface area contributed by atoms with E-state index in [2.05, 4.69) is 5.32 Å². The van der Waals surface area contributed by atoms with Crippen molar-refractivity contribution in [3.05, 3.63) is 53.3 Å². The number of alkyl halides is 6. The van der Waals surface area contributed by atoms with Crippen LogP contribution in [0.3, 0.4) is 0 Å². The summed E-state index contributed by atoms with van der Waals surface area (Å²) in [4.78, 5) is 39.6. The van der Waals surface area contributed by atoms with Gasteiger partial charge in [0, 0.05) is 45.8 Å². The average molecular weight is 550 g/mol. The molecule has 0 bridgehead atoms. The van der Waals surface area contributed by atoms with Crippen LogP contribution in [0, 0.1) is 5.82 Å². The summed E-state index contributed by atoms with van der Waals surface area (Å²) in [7, 11) is 2.44. The highest BCUT2D eigenvalue weighted by Crippen LogP contribution is 2.47. The summed E-state index contributed by atoms with van der Waals surface area (Å²) in [6.45, 7) is -0.609. The summed E-state index contributed by atoms with van der Waals surface area (Å²) < 4.78 is 101. The normalized spacial score (nSPS) is 14.1. The zero-order valence-corrected chi connectivity index (χ0v) is 19.9. The van der Waals surface area contributed by atoms with Gasteiger partial charge in [-0.25, -0.2) is 14.0 Å². The van der Waals surface area contributed by atoms with Crippen LogP contribution in [0.5, 0.6) is 5.75 Å². The van der Waals surface area contributed by atoms with E-state index in [1.54, 1.807) is 0 Å². The summed E-state index contributed by atoms with van der Waals surface area (Å²) >= 11 is 0. The number of urea groups is 1. The average Bonchev–Trinajstić information content (AvgIpc) is 3.21. The molecule has 3 rings (SSSR count). The van der Waals surface area contributed by atoms with Crippen LogP contribution in [0.1, 0.15) is 17.5 Å². The third kappa shape index (κ3) is 6.26. The minimum absolute atomic E-state index is 0.0102. The fourth-order valence-electron chi connectivity index (χ4n) is 3.60. The maximum Gasteiger partial charge on any atom is 0.420 e. The smallest absolute Gasteiger partial charge is 0.407 e. The maximum atomic E-state index is 14.0. The van der Waals surface area contributed by atoms with E-state index in [-0.39, 0.29) is 43.9 Å². The van der Waals surface area contributed by atoms with Gasteiger partial charge in [-0.15, -0.1) is 0 Å². The van der Waals surface area contributed by atoms with Crippen molar-refractivity contribution in [1.82, 2.24) is 10.2 Å². The van der Waals surface area contributed by atoms with E-state index < -0.39 is 58.8 Å². The van der Waals surface area contributed by atoms with Crippen molar-refractivity contribution in [3.8, 4) is 5.75 Å². The Bertz CT molecular complexity index is 1220. The van der Waals surface area contributed by atoms with E-state index in [1.807, 2.05) is 0 Å². The Labute approximate surface area is 211 Å². The molecule has 1 aliphatic heterocycles. The zero-order valence-electron chi connectivity index (χ0n) is 19.9. The Morgan fingerprint density at radius 3 is 2.21 bits per heavy atom. The Morgan fingerprint density at radius 2 is 1.66 bits per heavy atom. The number of nitrogens with zero attached hydrogens (tertiary/aromatic N) is 3. The molecule has 8 nitrogen and oxygen atoms in total. The van der Waals surface area contributed by atoms with Crippen LogP contribution in [-0.2, 0) is 17.1 Å². The first kappa shape index (κ1) is 28.5. The highest BCUT2D eigenvalue weighted by Gasteiger charge is 2.44. The Balaban J connectivity index is 2.07. The van der Waals surface area contributed by atoms with Gasteiger partial charge in [-0.1, -0.05) is 0 Å².